The number of methoxy groups -OCH3 is 1. The number of thiazole rings is 1. The van der Waals surface area contributed by atoms with Gasteiger partial charge in [0.2, 0.25) is 0 Å². The fourth-order valence-corrected chi connectivity index (χ4v) is 6.31. The van der Waals surface area contributed by atoms with Gasteiger partial charge in [0.25, 0.3) is 5.56 Å². The first-order valence-electron chi connectivity index (χ1n) is 12.9. The highest BCUT2D eigenvalue weighted by Gasteiger charge is 2.36. The molecular formula is C30H25Cl3N2O5S. The Hall–Kier alpha value is -3.30. The minimum absolute atomic E-state index is 0.170. The third kappa shape index (κ3) is 5.62. The number of hydrogen-bond donors (Lipinski definition) is 0. The van der Waals surface area contributed by atoms with E-state index >= 15 is 0 Å². The van der Waals surface area contributed by atoms with Crippen LogP contribution in [0.15, 0.2) is 74.0 Å². The fraction of sp³-hybridized carbons (Fsp3) is 0.233. The maximum absolute atomic E-state index is 14.0. The number of carbonyl (C=O) groups is 1. The third-order valence-corrected chi connectivity index (χ3v) is 8.53. The van der Waals surface area contributed by atoms with E-state index in [1.807, 2.05) is 6.92 Å². The van der Waals surface area contributed by atoms with E-state index in [0.717, 1.165) is 6.42 Å². The molecule has 41 heavy (non-hydrogen) atoms. The molecule has 11 heteroatoms. The van der Waals surface area contributed by atoms with Crippen molar-refractivity contribution in [3.8, 4) is 17.1 Å². The molecule has 1 aliphatic rings. The average molecular weight is 632 g/mol. The van der Waals surface area contributed by atoms with Crippen LogP contribution in [0.4, 0.5) is 0 Å². The van der Waals surface area contributed by atoms with Gasteiger partial charge in [0.05, 0.1) is 39.6 Å². The van der Waals surface area contributed by atoms with E-state index in [2.05, 4.69) is 0 Å². The van der Waals surface area contributed by atoms with Gasteiger partial charge < -0.3 is 13.9 Å². The fourth-order valence-electron chi connectivity index (χ4n) is 4.73. The van der Waals surface area contributed by atoms with Crippen molar-refractivity contribution in [1.29, 1.82) is 0 Å². The molecular weight excluding hydrogens is 607 g/mol. The van der Waals surface area contributed by atoms with Crippen molar-refractivity contribution in [2.75, 3.05) is 13.7 Å². The van der Waals surface area contributed by atoms with E-state index in [0.29, 0.717) is 64.9 Å². The zero-order chi connectivity index (χ0) is 29.3. The zero-order valence-electron chi connectivity index (χ0n) is 22.4. The molecule has 0 saturated heterocycles. The minimum atomic E-state index is -0.861. The Morgan fingerprint density at radius 3 is 2.68 bits per heavy atom. The molecule has 0 unspecified atom stereocenters. The number of rotatable bonds is 8. The van der Waals surface area contributed by atoms with Gasteiger partial charge in [0, 0.05) is 22.2 Å². The second kappa shape index (κ2) is 12.3. The predicted octanol–water partition coefficient (Wildman–Crippen LogP) is 6.81. The first kappa shape index (κ1) is 29.2. The zero-order valence-corrected chi connectivity index (χ0v) is 25.5. The maximum Gasteiger partial charge on any atom is 0.338 e. The van der Waals surface area contributed by atoms with Crippen LogP contribution in [0.2, 0.25) is 15.1 Å². The number of benzene rings is 2. The summed E-state index contributed by atoms with van der Waals surface area (Å²) in [5, 5.41) is 1.22. The number of hydrogen-bond acceptors (Lipinski definition) is 7. The lowest BCUT2D eigenvalue weighted by Gasteiger charge is -2.27. The third-order valence-electron chi connectivity index (χ3n) is 6.50. The lowest BCUT2D eigenvalue weighted by atomic mass is 9.93. The molecule has 0 radical (unpaired) electrons. The summed E-state index contributed by atoms with van der Waals surface area (Å²) in [6.07, 6.45) is 2.89. The molecule has 1 aliphatic heterocycles. The van der Waals surface area contributed by atoms with Crippen LogP contribution in [-0.4, -0.2) is 24.3 Å². The summed E-state index contributed by atoms with van der Waals surface area (Å²) in [7, 11) is 1.53. The smallest absolute Gasteiger partial charge is 0.338 e. The van der Waals surface area contributed by atoms with Crippen LogP contribution < -0.4 is 19.6 Å². The van der Waals surface area contributed by atoms with Crippen LogP contribution in [0.3, 0.4) is 0 Å². The lowest BCUT2D eigenvalue weighted by Crippen LogP contribution is -2.40. The molecule has 212 valence electrons. The highest BCUT2D eigenvalue weighted by atomic mass is 35.5. The van der Waals surface area contributed by atoms with Gasteiger partial charge in [-0.1, -0.05) is 65.6 Å². The number of ether oxygens (including phenoxy) is 2. The van der Waals surface area contributed by atoms with E-state index in [-0.39, 0.29) is 17.7 Å². The minimum Gasteiger partial charge on any atom is -0.496 e. The lowest BCUT2D eigenvalue weighted by molar-refractivity contribution is -0.139. The normalized spacial score (nSPS) is 15.1. The summed E-state index contributed by atoms with van der Waals surface area (Å²) in [4.78, 5) is 32.6. The number of nitrogens with zero attached hydrogens (tertiary/aromatic N) is 2. The Kier molecular flexibility index (Phi) is 8.75. The van der Waals surface area contributed by atoms with Crippen LogP contribution in [-0.2, 0) is 9.53 Å². The van der Waals surface area contributed by atoms with Gasteiger partial charge in [-0.2, -0.15) is 0 Å². The highest BCUT2D eigenvalue weighted by Crippen LogP contribution is 2.38. The molecule has 5 rings (SSSR count). The number of halogens is 3. The van der Waals surface area contributed by atoms with E-state index in [9.17, 15) is 9.59 Å². The van der Waals surface area contributed by atoms with Crippen LogP contribution in [0, 0.1) is 0 Å². The van der Waals surface area contributed by atoms with Gasteiger partial charge in [-0.25, -0.2) is 9.79 Å². The number of carbonyl (C=O) groups excluding carboxylic acids is 1. The van der Waals surface area contributed by atoms with Crippen LogP contribution in [0.5, 0.6) is 5.75 Å². The van der Waals surface area contributed by atoms with Crippen molar-refractivity contribution in [3.05, 3.63) is 106 Å². The Balaban J connectivity index is 1.72. The van der Waals surface area contributed by atoms with Crippen molar-refractivity contribution in [2.45, 2.75) is 32.7 Å². The monoisotopic (exact) mass is 630 g/mol. The molecule has 7 nitrogen and oxygen atoms in total. The van der Waals surface area contributed by atoms with Crippen LogP contribution in [0.25, 0.3) is 17.4 Å². The molecule has 0 amide bonds. The summed E-state index contributed by atoms with van der Waals surface area (Å²) >= 11 is 20.1. The molecule has 2 aromatic heterocycles. The summed E-state index contributed by atoms with van der Waals surface area (Å²) in [5.41, 5.74) is 1.68. The highest BCUT2D eigenvalue weighted by molar-refractivity contribution is 7.07. The molecule has 4 aromatic rings. The van der Waals surface area contributed by atoms with Gasteiger partial charge in [0.1, 0.15) is 23.3 Å². The number of allylic oxidation sites excluding steroid dienone is 1. The second-order valence-electron chi connectivity index (χ2n) is 9.10. The summed E-state index contributed by atoms with van der Waals surface area (Å²) in [6.45, 7) is 3.90. The van der Waals surface area contributed by atoms with Crippen molar-refractivity contribution < 1.29 is 18.7 Å². The Labute approximate surface area is 254 Å². The first-order valence-corrected chi connectivity index (χ1v) is 14.8. The largest absolute Gasteiger partial charge is 0.496 e. The van der Waals surface area contributed by atoms with Crippen molar-refractivity contribution in [1.82, 2.24) is 4.57 Å². The van der Waals surface area contributed by atoms with Gasteiger partial charge in [-0.3, -0.25) is 9.36 Å². The predicted molar refractivity (Wildman–Crippen MR) is 162 cm³/mol. The Morgan fingerprint density at radius 1 is 1.15 bits per heavy atom. The van der Waals surface area contributed by atoms with Gasteiger partial charge in [-0.05, 0) is 55.8 Å². The van der Waals surface area contributed by atoms with Crippen molar-refractivity contribution in [2.24, 2.45) is 4.99 Å². The molecule has 3 heterocycles. The molecule has 0 aliphatic carbocycles. The number of fused-ring (bicyclic) bond motifs is 1. The number of aromatic nitrogens is 1. The molecule has 0 fully saturated rings. The standard InChI is InChI=1S/C30H25Cl3N2O5S/c1-4-7-21-25(29(37)39-5-2)27(19-14-16(31)10-12-22(19)38-3)35-28(36)24(41-30(35)34-21)15-17-11-13-23(40-17)18-8-6-9-20(32)26(18)33/h6,8-15,27H,4-5,7H2,1-3H3/b24-15+/t27-/m1/s1. The topological polar surface area (TPSA) is 83.0 Å². The van der Waals surface area contributed by atoms with Crippen molar-refractivity contribution in [3.63, 3.8) is 0 Å². The number of esters is 1. The second-order valence-corrected chi connectivity index (χ2v) is 11.3. The molecule has 0 bridgehead atoms. The maximum atomic E-state index is 14.0. The SMILES string of the molecule is CCCC1=C(C(=O)OCC)[C@@H](c2cc(Cl)ccc2OC)n2c(s/c(=C/c3ccc(-c4cccc(Cl)c4Cl)o3)c2=O)=N1. The summed E-state index contributed by atoms with van der Waals surface area (Å²) in [6, 6.07) is 13.0. The van der Waals surface area contributed by atoms with Crippen LogP contribution >= 0.6 is 46.1 Å². The van der Waals surface area contributed by atoms with Crippen LogP contribution in [0.1, 0.15) is 44.1 Å². The van der Waals surface area contributed by atoms with E-state index in [1.165, 1.54) is 23.0 Å². The van der Waals surface area contributed by atoms with E-state index in [1.54, 1.807) is 61.5 Å². The van der Waals surface area contributed by atoms with Gasteiger partial charge in [0.15, 0.2) is 4.80 Å². The first-order chi connectivity index (χ1) is 19.8. The van der Waals surface area contributed by atoms with E-state index < -0.39 is 12.0 Å². The molecule has 1 atom stereocenters. The van der Waals surface area contributed by atoms with Gasteiger partial charge in [-0.15, -0.1) is 0 Å². The molecule has 2 aromatic carbocycles. The molecule has 0 saturated carbocycles. The average Bonchev–Trinajstić information content (AvgIpc) is 3.54. The van der Waals surface area contributed by atoms with E-state index in [4.69, 9.17) is 53.7 Å². The molecule has 0 spiro atoms. The number of furan rings is 1. The van der Waals surface area contributed by atoms with Gasteiger partial charge >= 0.3 is 5.97 Å². The quantitative estimate of drug-likeness (QED) is 0.200. The molecule has 0 N–H and O–H groups in total. The van der Waals surface area contributed by atoms with Crippen molar-refractivity contribution >= 4 is 58.2 Å². The summed E-state index contributed by atoms with van der Waals surface area (Å²) in [5.74, 6) is 0.877. The summed E-state index contributed by atoms with van der Waals surface area (Å²) < 4.78 is 19.0. The Bertz CT molecular complexity index is 1850. The Morgan fingerprint density at radius 2 is 1.95 bits per heavy atom.